The summed E-state index contributed by atoms with van der Waals surface area (Å²) in [7, 11) is 0. The zero-order valence-electron chi connectivity index (χ0n) is 9.04. The first-order valence-corrected chi connectivity index (χ1v) is 4.72. The topological polar surface area (TPSA) is 54.4 Å². The average Bonchev–Trinajstić information content (AvgIpc) is 2.29. The molecule has 0 aromatic carbocycles. The van der Waals surface area contributed by atoms with E-state index in [4.69, 9.17) is 5.11 Å². The highest BCUT2D eigenvalue weighted by Crippen LogP contribution is 2.30. The molecule has 0 unspecified atom stereocenters. The van der Waals surface area contributed by atoms with Crippen molar-refractivity contribution in [3.05, 3.63) is 29.4 Å². The number of hydrogen-bond acceptors (Lipinski definition) is 2. The molecule has 94 valence electrons. The number of carboxylic acid groups (broad SMARTS) is 1. The van der Waals surface area contributed by atoms with Crippen molar-refractivity contribution < 1.29 is 27.9 Å². The van der Waals surface area contributed by atoms with Crippen LogP contribution in [0.25, 0.3) is 0 Å². The van der Waals surface area contributed by atoms with Crippen molar-refractivity contribution in [2.75, 3.05) is 0 Å². The van der Waals surface area contributed by atoms with E-state index < -0.39 is 17.7 Å². The number of carboxylic acids is 1. The normalized spacial score (nSPS) is 14.4. The van der Waals surface area contributed by atoms with E-state index >= 15 is 0 Å². The molecule has 3 nitrogen and oxygen atoms in total. The third kappa shape index (κ3) is 6.37. The molecule has 0 bridgehead atoms. The number of hydrogen-bond donors (Lipinski definition) is 1. The summed E-state index contributed by atoms with van der Waals surface area (Å²) >= 11 is 0. The van der Waals surface area contributed by atoms with Gasteiger partial charge in [-0.3, -0.25) is 4.79 Å². The molecule has 1 aliphatic rings. The lowest BCUT2D eigenvalue weighted by molar-refractivity contribution is -0.136. The summed E-state index contributed by atoms with van der Waals surface area (Å²) in [6.07, 6.45) is -0.862. The number of halogens is 3. The van der Waals surface area contributed by atoms with E-state index in [-0.39, 0.29) is 18.4 Å². The van der Waals surface area contributed by atoms with Crippen molar-refractivity contribution >= 4 is 11.9 Å². The van der Waals surface area contributed by atoms with E-state index in [0.717, 1.165) is 12.2 Å². The van der Waals surface area contributed by atoms with Gasteiger partial charge in [0.2, 0.25) is 0 Å². The molecule has 17 heavy (non-hydrogen) atoms. The largest absolute Gasteiger partial charge is 0.481 e. The number of allylic oxidation sites excluding steroid dienone is 5. The summed E-state index contributed by atoms with van der Waals surface area (Å²) in [6, 6.07) is 0. The highest BCUT2D eigenvalue weighted by Gasteiger charge is 2.32. The fraction of sp³-hybridized carbons (Fsp3) is 0.364. The van der Waals surface area contributed by atoms with Crippen LogP contribution in [0.2, 0.25) is 0 Å². The van der Waals surface area contributed by atoms with Crippen LogP contribution in [0.1, 0.15) is 19.8 Å². The average molecular weight is 248 g/mol. The quantitative estimate of drug-likeness (QED) is 0.726. The first-order chi connectivity index (χ1) is 7.81. The second-order valence-corrected chi connectivity index (χ2v) is 3.08. The lowest BCUT2D eigenvalue weighted by Crippen LogP contribution is -2.11. The summed E-state index contributed by atoms with van der Waals surface area (Å²) in [5.74, 6) is 0.700. The Balaban J connectivity index is 0.000000437. The van der Waals surface area contributed by atoms with Gasteiger partial charge in [0.25, 0.3) is 0 Å². The van der Waals surface area contributed by atoms with Gasteiger partial charge in [0.05, 0.1) is 5.57 Å². The summed E-state index contributed by atoms with van der Waals surface area (Å²) in [4.78, 5) is 19.4. The molecule has 0 saturated carbocycles. The van der Waals surface area contributed by atoms with Gasteiger partial charge in [-0.05, 0) is 6.08 Å². The predicted molar refractivity (Wildman–Crippen MR) is 55.0 cm³/mol. The molecular weight excluding hydrogens is 237 g/mol. The monoisotopic (exact) mass is 248 g/mol. The fourth-order valence-corrected chi connectivity index (χ4v) is 0.855. The van der Waals surface area contributed by atoms with Crippen molar-refractivity contribution in [1.82, 2.24) is 0 Å². The van der Waals surface area contributed by atoms with Crippen molar-refractivity contribution in [2.45, 2.75) is 25.9 Å². The Bertz CT molecular complexity index is 385. The van der Waals surface area contributed by atoms with Crippen LogP contribution in [0.15, 0.2) is 29.4 Å². The van der Waals surface area contributed by atoms with Gasteiger partial charge in [0, 0.05) is 18.4 Å². The van der Waals surface area contributed by atoms with E-state index in [2.05, 4.69) is 0 Å². The minimum Gasteiger partial charge on any atom is -0.481 e. The maximum absolute atomic E-state index is 12.0. The van der Waals surface area contributed by atoms with Gasteiger partial charge in [-0.2, -0.15) is 13.2 Å². The summed E-state index contributed by atoms with van der Waals surface area (Å²) in [5, 5.41) is 7.72. The zero-order valence-corrected chi connectivity index (χ0v) is 9.04. The lowest BCUT2D eigenvalue weighted by Gasteiger charge is -2.10. The third-order valence-corrected chi connectivity index (χ3v) is 1.73. The number of rotatable bonds is 1. The van der Waals surface area contributed by atoms with Crippen LogP contribution in [0.3, 0.4) is 0 Å². The second kappa shape index (κ2) is 6.70. The molecule has 0 fully saturated rings. The molecule has 0 heterocycles. The van der Waals surface area contributed by atoms with Gasteiger partial charge in [0.15, 0.2) is 0 Å². The standard InChI is InChI=1S/C8H5F3O.C3H6O2/c9-8(10,11)7-3-1-2-6(4-7)5-12;1-2-3(4)5/h1,3-4H,2H2;2H2,1H3,(H,4,5). The summed E-state index contributed by atoms with van der Waals surface area (Å²) in [6.45, 7) is 1.60. The molecule has 1 aliphatic carbocycles. The van der Waals surface area contributed by atoms with Crippen molar-refractivity contribution in [3.8, 4) is 0 Å². The summed E-state index contributed by atoms with van der Waals surface area (Å²) < 4.78 is 36.0. The molecule has 0 radical (unpaired) electrons. The van der Waals surface area contributed by atoms with Crippen molar-refractivity contribution in [3.63, 3.8) is 0 Å². The fourth-order valence-electron chi connectivity index (χ4n) is 0.855. The van der Waals surface area contributed by atoms with Crippen LogP contribution in [-0.2, 0) is 9.59 Å². The minimum absolute atomic E-state index is 0.0322. The molecule has 1 N–H and O–H groups in total. The van der Waals surface area contributed by atoms with E-state index in [9.17, 15) is 22.8 Å². The number of aliphatic carboxylic acids is 1. The van der Waals surface area contributed by atoms with E-state index in [1.54, 1.807) is 6.92 Å². The Morgan fingerprint density at radius 3 is 2.41 bits per heavy atom. The zero-order chi connectivity index (χ0) is 13.5. The predicted octanol–water partition coefficient (Wildman–Crippen LogP) is 2.67. The maximum atomic E-state index is 12.0. The first kappa shape index (κ1) is 15.2. The molecule has 0 amide bonds. The van der Waals surface area contributed by atoms with Gasteiger partial charge in [-0.25, -0.2) is 4.79 Å². The molecule has 0 aromatic rings. The Kier molecular flexibility index (Phi) is 5.99. The highest BCUT2D eigenvalue weighted by atomic mass is 19.4. The first-order valence-electron chi connectivity index (χ1n) is 4.72. The Hall–Kier alpha value is -1.81. The number of alkyl halides is 3. The molecular formula is C11H11F3O3. The van der Waals surface area contributed by atoms with Gasteiger partial charge in [-0.15, -0.1) is 0 Å². The third-order valence-electron chi connectivity index (χ3n) is 1.73. The summed E-state index contributed by atoms with van der Waals surface area (Å²) in [5.41, 5.74) is -0.767. The van der Waals surface area contributed by atoms with E-state index in [0.29, 0.717) is 0 Å². The maximum Gasteiger partial charge on any atom is 0.416 e. The Labute approximate surface area is 95.9 Å². The van der Waals surface area contributed by atoms with Gasteiger partial charge in [-0.1, -0.05) is 19.1 Å². The lowest BCUT2D eigenvalue weighted by atomic mass is 10.0. The van der Waals surface area contributed by atoms with Crippen molar-refractivity contribution in [1.29, 1.82) is 0 Å². The smallest absolute Gasteiger partial charge is 0.416 e. The molecule has 0 atom stereocenters. The van der Waals surface area contributed by atoms with Gasteiger partial charge < -0.3 is 5.11 Å². The minimum atomic E-state index is -4.38. The van der Waals surface area contributed by atoms with Gasteiger partial charge in [0.1, 0.15) is 5.94 Å². The molecule has 1 rings (SSSR count). The Morgan fingerprint density at radius 2 is 2.06 bits per heavy atom. The van der Waals surface area contributed by atoms with Crippen LogP contribution in [0.5, 0.6) is 0 Å². The SMILES string of the molecule is CCC(=O)O.O=C=C1C=C(C(F)(F)F)C=CC1. The van der Waals surface area contributed by atoms with Crippen LogP contribution in [-0.4, -0.2) is 23.2 Å². The molecule has 0 aliphatic heterocycles. The van der Waals surface area contributed by atoms with Gasteiger partial charge >= 0.3 is 12.1 Å². The number of carbonyl (C=O) groups is 1. The van der Waals surface area contributed by atoms with Crippen LogP contribution >= 0.6 is 0 Å². The van der Waals surface area contributed by atoms with Crippen LogP contribution in [0, 0.1) is 0 Å². The van der Waals surface area contributed by atoms with Crippen LogP contribution < -0.4 is 0 Å². The number of carbonyl (C=O) groups excluding carboxylic acids is 1. The molecule has 6 heteroatoms. The molecule has 0 spiro atoms. The highest BCUT2D eigenvalue weighted by molar-refractivity contribution is 5.66. The van der Waals surface area contributed by atoms with E-state index in [1.165, 1.54) is 12.0 Å². The van der Waals surface area contributed by atoms with E-state index in [1.807, 2.05) is 0 Å². The van der Waals surface area contributed by atoms with Crippen LogP contribution in [0.4, 0.5) is 13.2 Å². The second-order valence-electron chi connectivity index (χ2n) is 3.08. The van der Waals surface area contributed by atoms with Crippen molar-refractivity contribution in [2.24, 2.45) is 0 Å². The molecule has 0 aromatic heterocycles. The Morgan fingerprint density at radius 1 is 1.53 bits per heavy atom. The molecule has 0 saturated heterocycles.